The Morgan fingerprint density at radius 3 is 3.06 bits per heavy atom. The molecule has 1 heterocycles. The highest BCUT2D eigenvalue weighted by Crippen LogP contribution is 2.34. The molecule has 2 aromatic rings. The number of rotatable bonds is 4. The Morgan fingerprint density at radius 2 is 2.41 bits per heavy atom. The normalized spacial score (nSPS) is 10.4. The van der Waals surface area contributed by atoms with Crippen molar-refractivity contribution in [2.75, 3.05) is 11.9 Å². The summed E-state index contributed by atoms with van der Waals surface area (Å²) in [5.41, 5.74) is 3.48. The Kier molecular flexibility index (Phi) is 3.06. The Labute approximate surface area is 102 Å². The Hall–Kier alpha value is -1.95. The number of nitro benzene ring substituents is 1. The number of hydrogen-bond donors (Lipinski definition) is 1. The van der Waals surface area contributed by atoms with Crippen LogP contribution in [0.15, 0.2) is 29.8 Å². The van der Waals surface area contributed by atoms with Crippen LogP contribution in [-0.4, -0.2) is 16.5 Å². The van der Waals surface area contributed by atoms with Crippen LogP contribution >= 0.6 is 11.3 Å². The average Bonchev–Trinajstić information content (AvgIpc) is 2.72. The van der Waals surface area contributed by atoms with Gasteiger partial charge in [-0.3, -0.25) is 10.1 Å². The molecule has 0 amide bonds. The molecule has 0 bridgehead atoms. The number of hydrogen-bond acceptors (Lipinski definition) is 5. The van der Waals surface area contributed by atoms with E-state index in [9.17, 15) is 10.1 Å². The minimum atomic E-state index is -0.400. The zero-order valence-electron chi connectivity index (χ0n) is 9.27. The van der Waals surface area contributed by atoms with Crippen LogP contribution in [0.3, 0.4) is 0 Å². The van der Waals surface area contributed by atoms with Crippen LogP contribution in [0, 0.1) is 10.1 Å². The van der Waals surface area contributed by atoms with Gasteiger partial charge in [-0.25, -0.2) is 4.98 Å². The molecule has 5 nitrogen and oxygen atoms in total. The predicted molar refractivity (Wildman–Crippen MR) is 69.6 cm³/mol. The maximum Gasteiger partial charge on any atom is 0.319 e. The third-order valence-electron chi connectivity index (χ3n) is 2.24. The van der Waals surface area contributed by atoms with Crippen LogP contribution in [0.2, 0.25) is 0 Å². The summed E-state index contributed by atoms with van der Waals surface area (Å²) in [5.74, 6) is 0. The molecule has 0 aliphatic carbocycles. The Bertz CT molecular complexity index is 591. The average molecular weight is 249 g/mol. The third kappa shape index (κ3) is 2.26. The summed E-state index contributed by atoms with van der Waals surface area (Å²) >= 11 is 1.39. The molecule has 0 radical (unpaired) electrons. The molecule has 2 rings (SSSR count). The smallest absolute Gasteiger partial charge is 0.319 e. The monoisotopic (exact) mass is 249 g/mol. The van der Waals surface area contributed by atoms with E-state index in [1.807, 2.05) is 13.0 Å². The fourth-order valence-electron chi connectivity index (χ4n) is 1.49. The highest BCUT2D eigenvalue weighted by atomic mass is 32.1. The standard InChI is InChI=1S/C11H11N3O2S/c1-7(2)5-12-8-3-4-9-10(13-6-17-9)11(8)14(15)16/h3-4,6,12H,1,5H2,2H3. The van der Waals surface area contributed by atoms with Crippen LogP contribution in [-0.2, 0) is 0 Å². The van der Waals surface area contributed by atoms with Gasteiger partial charge in [-0.05, 0) is 19.1 Å². The highest BCUT2D eigenvalue weighted by molar-refractivity contribution is 7.16. The summed E-state index contributed by atoms with van der Waals surface area (Å²) in [4.78, 5) is 14.7. The first-order chi connectivity index (χ1) is 8.09. The number of benzene rings is 1. The number of anilines is 1. The van der Waals surface area contributed by atoms with E-state index in [-0.39, 0.29) is 5.69 Å². The second kappa shape index (κ2) is 4.50. The summed E-state index contributed by atoms with van der Waals surface area (Å²) < 4.78 is 0.817. The lowest BCUT2D eigenvalue weighted by atomic mass is 10.2. The summed E-state index contributed by atoms with van der Waals surface area (Å²) in [6, 6.07) is 3.54. The van der Waals surface area contributed by atoms with Crippen molar-refractivity contribution in [1.29, 1.82) is 0 Å². The summed E-state index contributed by atoms with van der Waals surface area (Å²) in [7, 11) is 0. The van der Waals surface area contributed by atoms with Gasteiger partial charge in [-0.2, -0.15) is 0 Å². The van der Waals surface area contributed by atoms with E-state index in [4.69, 9.17) is 0 Å². The number of fused-ring (bicyclic) bond motifs is 1. The van der Waals surface area contributed by atoms with Crippen molar-refractivity contribution in [3.63, 3.8) is 0 Å². The van der Waals surface area contributed by atoms with Gasteiger partial charge in [0.15, 0.2) is 5.52 Å². The summed E-state index contributed by atoms with van der Waals surface area (Å²) in [6.07, 6.45) is 0. The molecule has 88 valence electrons. The van der Waals surface area contributed by atoms with E-state index in [1.54, 1.807) is 11.6 Å². The molecule has 0 fully saturated rings. The van der Waals surface area contributed by atoms with Crippen molar-refractivity contribution >= 4 is 32.9 Å². The van der Waals surface area contributed by atoms with Gasteiger partial charge in [0.1, 0.15) is 5.69 Å². The van der Waals surface area contributed by atoms with Crippen LogP contribution in [0.1, 0.15) is 6.92 Å². The number of nitrogens with one attached hydrogen (secondary N) is 1. The van der Waals surface area contributed by atoms with Crippen molar-refractivity contribution in [3.05, 3.63) is 39.9 Å². The van der Waals surface area contributed by atoms with E-state index in [1.165, 1.54) is 11.3 Å². The molecule has 0 aliphatic rings. The number of aromatic nitrogens is 1. The predicted octanol–water partition coefficient (Wildman–Crippen LogP) is 3.19. The van der Waals surface area contributed by atoms with Gasteiger partial charge in [0.25, 0.3) is 0 Å². The van der Waals surface area contributed by atoms with Crippen LogP contribution in [0.5, 0.6) is 0 Å². The van der Waals surface area contributed by atoms with Crippen molar-refractivity contribution in [2.45, 2.75) is 6.92 Å². The largest absolute Gasteiger partial charge is 0.376 e. The molecule has 0 saturated carbocycles. The maximum absolute atomic E-state index is 11.1. The lowest BCUT2D eigenvalue weighted by Crippen LogP contribution is -2.05. The highest BCUT2D eigenvalue weighted by Gasteiger charge is 2.20. The van der Waals surface area contributed by atoms with Gasteiger partial charge < -0.3 is 5.32 Å². The minimum absolute atomic E-state index is 0.0324. The quantitative estimate of drug-likeness (QED) is 0.513. The molecule has 6 heteroatoms. The van der Waals surface area contributed by atoms with E-state index < -0.39 is 4.92 Å². The minimum Gasteiger partial charge on any atom is -0.376 e. The molecule has 0 aliphatic heterocycles. The van der Waals surface area contributed by atoms with E-state index >= 15 is 0 Å². The van der Waals surface area contributed by atoms with Gasteiger partial charge in [0.05, 0.1) is 15.1 Å². The SMILES string of the molecule is C=C(C)CNc1ccc2scnc2c1[N+](=O)[O-]. The molecule has 0 unspecified atom stereocenters. The fourth-order valence-corrected chi connectivity index (χ4v) is 2.17. The first-order valence-electron chi connectivity index (χ1n) is 4.98. The first-order valence-corrected chi connectivity index (χ1v) is 5.86. The Morgan fingerprint density at radius 1 is 1.65 bits per heavy atom. The third-order valence-corrected chi connectivity index (χ3v) is 3.03. The number of nitrogens with zero attached hydrogens (tertiary/aromatic N) is 2. The zero-order chi connectivity index (χ0) is 12.4. The first kappa shape index (κ1) is 11.5. The van der Waals surface area contributed by atoms with E-state index in [0.29, 0.717) is 17.7 Å². The molecule has 0 spiro atoms. The second-order valence-electron chi connectivity index (χ2n) is 3.73. The van der Waals surface area contributed by atoms with E-state index in [0.717, 1.165) is 10.3 Å². The lowest BCUT2D eigenvalue weighted by molar-refractivity contribution is -0.382. The topological polar surface area (TPSA) is 68.1 Å². The maximum atomic E-state index is 11.1. The molecule has 17 heavy (non-hydrogen) atoms. The van der Waals surface area contributed by atoms with Gasteiger partial charge in [-0.15, -0.1) is 11.3 Å². The fraction of sp³-hybridized carbons (Fsp3) is 0.182. The van der Waals surface area contributed by atoms with Crippen molar-refractivity contribution < 1.29 is 4.92 Å². The number of thiazole rings is 1. The van der Waals surface area contributed by atoms with Crippen molar-refractivity contribution in [1.82, 2.24) is 4.98 Å². The molecule has 1 aromatic heterocycles. The van der Waals surface area contributed by atoms with Crippen LogP contribution < -0.4 is 5.32 Å². The molecule has 1 N–H and O–H groups in total. The second-order valence-corrected chi connectivity index (χ2v) is 4.61. The van der Waals surface area contributed by atoms with Crippen LogP contribution in [0.4, 0.5) is 11.4 Å². The summed E-state index contributed by atoms with van der Waals surface area (Å²) in [6.45, 7) is 6.12. The number of nitro groups is 1. The van der Waals surface area contributed by atoms with Gasteiger partial charge in [0.2, 0.25) is 0 Å². The molecule has 1 aromatic carbocycles. The van der Waals surface area contributed by atoms with E-state index in [2.05, 4.69) is 16.9 Å². The van der Waals surface area contributed by atoms with Gasteiger partial charge in [-0.1, -0.05) is 12.2 Å². The molecular formula is C11H11N3O2S. The molecular weight excluding hydrogens is 238 g/mol. The molecule has 0 atom stereocenters. The molecule has 0 saturated heterocycles. The van der Waals surface area contributed by atoms with Crippen LogP contribution in [0.25, 0.3) is 10.2 Å². The lowest BCUT2D eigenvalue weighted by Gasteiger charge is -2.06. The van der Waals surface area contributed by atoms with Crippen molar-refractivity contribution in [2.24, 2.45) is 0 Å². The summed E-state index contributed by atoms with van der Waals surface area (Å²) in [5, 5.41) is 14.1. The van der Waals surface area contributed by atoms with Gasteiger partial charge in [0, 0.05) is 6.54 Å². The Balaban J connectivity index is 2.50. The van der Waals surface area contributed by atoms with Gasteiger partial charge >= 0.3 is 5.69 Å². The van der Waals surface area contributed by atoms with Crippen molar-refractivity contribution in [3.8, 4) is 0 Å². The zero-order valence-corrected chi connectivity index (χ0v) is 10.1.